The van der Waals surface area contributed by atoms with Gasteiger partial charge in [0.1, 0.15) is 5.65 Å². The summed E-state index contributed by atoms with van der Waals surface area (Å²) in [4.78, 5) is 29.6. The fourth-order valence-corrected chi connectivity index (χ4v) is 4.33. The van der Waals surface area contributed by atoms with E-state index in [4.69, 9.17) is 4.74 Å². The summed E-state index contributed by atoms with van der Waals surface area (Å²) in [6.07, 6.45) is 7.65. The maximum absolute atomic E-state index is 12.5. The Labute approximate surface area is 172 Å². The van der Waals surface area contributed by atoms with Crippen molar-refractivity contribution in [3.8, 4) is 11.1 Å². The largest absolute Gasteiger partial charge is 0.379 e. The van der Waals surface area contributed by atoms with E-state index in [0.717, 1.165) is 49.1 Å². The second-order valence-electron chi connectivity index (χ2n) is 7.66. The second-order valence-corrected chi connectivity index (χ2v) is 8.57. The molecule has 5 rings (SSSR count). The first kappa shape index (κ1) is 18.3. The predicted octanol–water partition coefficient (Wildman–Crippen LogP) is 3.32. The van der Waals surface area contributed by atoms with Crippen molar-refractivity contribution in [2.75, 3.05) is 18.5 Å². The third kappa shape index (κ3) is 4.04. The number of thiophene rings is 1. The molecular weight excluding hydrogens is 388 g/mol. The number of nitrogens with zero attached hydrogens (tertiary/aromatic N) is 2. The number of carbonyl (C=O) groups excluding carboxylic acids is 2. The fourth-order valence-electron chi connectivity index (χ4n) is 3.51. The molecule has 3 aromatic rings. The summed E-state index contributed by atoms with van der Waals surface area (Å²) in [6, 6.07) is 5.90. The Morgan fingerprint density at radius 1 is 1.17 bits per heavy atom. The lowest BCUT2D eigenvalue weighted by Gasteiger charge is -2.22. The summed E-state index contributed by atoms with van der Waals surface area (Å²) in [6.45, 7) is 1.36. The summed E-state index contributed by atoms with van der Waals surface area (Å²) in [7, 11) is 0. The first-order valence-corrected chi connectivity index (χ1v) is 10.8. The van der Waals surface area contributed by atoms with Gasteiger partial charge in [-0.1, -0.05) is 0 Å². The Bertz CT molecular complexity index is 1060. The van der Waals surface area contributed by atoms with E-state index in [-0.39, 0.29) is 23.8 Å². The molecule has 0 bridgehead atoms. The monoisotopic (exact) mass is 410 g/mol. The van der Waals surface area contributed by atoms with E-state index in [9.17, 15) is 9.59 Å². The van der Waals surface area contributed by atoms with E-state index in [0.29, 0.717) is 17.3 Å². The predicted molar refractivity (Wildman–Crippen MR) is 111 cm³/mol. The van der Waals surface area contributed by atoms with Crippen LogP contribution in [0.3, 0.4) is 0 Å². The van der Waals surface area contributed by atoms with Crippen LogP contribution in [0.15, 0.2) is 36.0 Å². The van der Waals surface area contributed by atoms with Gasteiger partial charge in [0, 0.05) is 18.7 Å². The molecule has 3 aromatic heterocycles. The lowest BCUT2D eigenvalue weighted by molar-refractivity contribution is -0.117. The molecule has 1 atom stereocenters. The molecule has 4 heterocycles. The van der Waals surface area contributed by atoms with E-state index in [2.05, 4.69) is 15.6 Å². The number of anilines is 1. The van der Waals surface area contributed by atoms with Gasteiger partial charge in [-0.25, -0.2) is 4.98 Å². The first-order chi connectivity index (χ1) is 14.2. The average molecular weight is 410 g/mol. The smallest absolute Gasteiger partial charge is 0.261 e. The molecule has 2 N–H and O–H groups in total. The van der Waals surface area contributed by atoms with Gasteiger partial charge >= 0.3 is 0 Å². The molecule has 1 aliphatic heterocycles. The van der Waals surface area contributed by atoms with E-state index >= 15 is 0 Å². The van der Waals surface area contributed by atoms with Crippen LogP contribution in [0.5, 0.6) is 0 Å². The van der Waals surface area contributed by atoms with Gasteiger partial charge < -0.3 is 19.8 Å². The van der Waals surface area contributed by atoms with E-state index < -0.39 is 0 Å². The number of fused-ring (bicyclic) bond motifs is 1. The maximum atomic E-state index is 12.5. The summed E-state index contributed by atoms with van der Waals surface area (Å²) >= 11 is 1.44. The van der Waals surface area contributed by atoms with E-state index in [1.54, 1.807) is 0 Å². The summed E-state index contributed by atoms with van der Waals surface area (Å²) in [5, 5.41) is 7.92. The van der Waals surface area contributed by atoms with Crippen LogP contribution in [0.2, 0.25) is 0 Å². The molecule has 1 saturated heterocycles. The first-order valence-electron chi connectivity index (χ1n) is 9.93. The van der Waals surface area contributed by atoms with Crippen LogP contribution in [0, 0.1) is 5.92 Å². The average Bonchev–Trinajstić information content (AvgIpc) is 3.32. The standard InChI is InChI=1S/C21H22N4O3S/c26-20(13-3-4-13)24-18-10-25-9-14(5-6-19(25)23-18)15-8-17(29-12-15)21(27)22-16-2-1-7-28-11-16/h5-6,8-10,12-13,16H,1-4,7,11H2,(H,22,27)(H,24,26). The van der Waals surface area contributed by atoms with Crippen molar-refractivity contribution in [1.82, 2.24) is 14.7 Å². The van der Waals surface area contributed by atoms with Crippen LogP contribution in [-0.2, 0) is 9.53 Å². The Kier molecular flexibility index (Phi) is 4.81. The Balaban J connectivity index is 1.31. The van der Waals surface area contributed by atoms with Crippen molar-refractivity contribution in [3.05, 3.63) is 40.8 Å². The second kappa shape index (κ2) is 7.61. The number of pyridine rings is 1. The Hall–Kier alpha value is -2.71. The number of amides is 2. The topological polar surface area (TPSA) is 84.7 Å². The van der Waals surface area contributed by atoms with Gasteiger partial charge in [-0.2, -0.15) is 0 Å². The highest BCUT2D eigenvalue weighted by Gasteiger charge is 2.30. The number of hydrogen-bond acceptors (Lipinski definition) is 5. The van der Waals surface area contributed by atoms with Gasteiger partial charge in [-0.05, 0) is 60.4 Å². The minimum Gasteiger partial charge on any atom is -0.379 e. The number of nitrogens with one attached hydrogen (secondary N) is 2. The zero-order valence-corrected chi connectivity index (χ0v) is 16.7. The number of imidazole rings is 1. The van der Waals surface area contributed by atoms with Crippen LogP contribution < -0.4 is 10.6 Å². The van der Waals surface area contributed by atoms with Crippen molar-refractivity contribution in [3.63, 3.8) is 0 Å². The van der Waals surface area contributed by atoms with E-state index in [1.807, 2.05) is 40.4 Å². The highest BCUT2D eigenvalue weighted by molar-refractivity contribution is 7.12. The molecule has 2 aliphatic rings. The van der Waals surface area contributed by atoms with Crippen molar-refractivity contribution >= 4 is 34.6 Å². The third-order valence-electron chi connectivity index (χ3n) is 5.30. The number of hydrogen-bond donors (Lipinski definition) is 2. The zero-order chi connectivity index (χ0) is 19.8. The van der Waals surface area contributed by atoms with Crippen molar-refractivity contribution in [1.29, 1.82) is 0 Å². The number of ether oxygens (including phenoxy) is 1. The van der Waals surface area contributed by atoms with Crippen LogP contribution in [-0.4, -0.2) is 40.5 Å². The molecule has 1 unspecified atom stereocenters. The molecule has 8 heteroatoms. The molecule has 0 aromatic carbocycles. The minimum absolute atomic E-state index is 0.0467. The van der Waals surface area contributed by atoms with Gasteiger partial charge in [0.05, 0.1) is 23.7 Å². The molecular formula is C21H22N4O3S. The molecule has 7 nitrogen and oxygen atoms in total. The van der Waals surface area contributed by atoms with Crippen LogP contribution in [0.4, 0.5) is 5.82 Å². The minimum atomic E-state index is -0.0504. The SMILES string of the molecule is O=C(NC1CCCOC1)c1cc(-c2ccc3nc(NC(=O)C4CC4)cn3c2)cs1. The van der Waals surface area contributed by atoms with Crippen molar-refractivity contribution < 1.29 is 14.3 Å². The maximum Gasteiger partial charge on any atom is 0.261 e. The van der Waals surface area contributed by atoms with Crippen molar-refractivity contribution in [2.45, 2.75) is 31.7 Å². The molecule has 1 saturated carbocycles. The van der Waals surface area contributed by atoms with Gasteiger partial charge in [0.15, 0.2) is 5.82 Å². The molecule has 2 amide bonds. The molecule has 150 valence electrons. The highest BCUT2D eigenvalue weighted by Crippen LogP contribution is 2.30. The number of aromatic nitrogens is 2. The fraction of sp³-hybridized carbons (Fsp3) is 0.381. The molecule has 0 radical (unpaired) electrons. The van der Waals surface area contributed by atoms with Crippen molar-refractivity contribution in [2.24, 2.45) is 5.92 Å². The lowest BCUT2D eigenvalue weighted by atomic mass is 10.1. The lowest BCUT2D eigenvalue weighted by Crippen LogP contribution is -2.40. The Morgan fingerprint density at radius 3 is 2.86 bits per heavy atom. The van der Waals surface area contributed by atoms with E-state index in [1.165, 1.54) is 11.3 Å². The van der Waals surface area contributed by atoms with Crippen LogP contribution in [0.25, 0.3) is 16.8 Å². The summed E-state index contributed by atoms with van der Waals surface area (Å²) < 4.78 is 7.33. The molecule has 1 aliphatic carbocycles. The Morgan fingerprint density at radius 2 is 2.07 bits per heavy atom. The van der Waals surface area contributed by atoms with Gasteiger partial charge in [-0.3, -0.25) is 9.59 Å². The van der Waals surface area contributed by atoms with Crippen LogP contribution >= 0.6 is 11.3 Å². The normalized spacial score (nSPS) is 19.2. The summed E-state index contributed by atoms with van der Waals surface area (Å²) in [5.74, 6) is 0.709. The molecule has 2 fully saturated rings. The van der Waals surface area contributed by atoms with Crippen LogP contribution in [0.1, 0.15) is 35.4 Å². The van der Waals surface area contributed by atoms with Gasteiger partial charge in [-0.15, -0.1) is 11.3 Å². The molecule has 29 heavy (non-hydrogen) atoms. The quantitative estimate of drug-likeness (QED) is 0.676. The van der Waals surface area contributed by atoms with Gasteiger partial charge in [0.2, 0.25) is 5.91 Å². The highest BCUT2D eigenvalue weighted by atomic mass is 32.1. The third-order valence-corrected chi connectivity index (χ3v) is 6.23. The number of rotatable bonds is 5. The molecule has 0 spiro atoms. The zero-order valence-electron chi connectivity index (χ0n) is 15.9. The number of carbonyl (C=O) groups is 2. The van der Waals surface area contributed by atoms with Gasteiger partial charge in [0.25, 0.3) is 5.91 Å². The summed E-state index contributed by atoms with van der Waals surface area (Å²) in [5.41, 5.74) is 2.75.